The van der Waals surface area contributed by atoms with Crippen molar-refractivity contribution in [1.29, 1.82) is 0 Å². The maximum atomic E-state index is 13.4. The zero-order valence-corrected chi connectivity index (χ0v) is 18.1. The highest BCUT2D eigenvalue weighted by molar-refractivity contribution is 5.95. The van der Waals surface area contributed by atoms with Gasteiger partial charge in [-0.1, -0.05) is 30.3 Å². The molecule has 2 aromatic carbocycles. The van der Waals surface area contributed by atoms with Gasteiger partial charge in [0.1, 0.15) is 5.82 Å². The number of nitrogens with one attached hydrogen (secondary N) is 1. The molecule has 0 radical (unpaired) electrons. The zero-order chi connectivity index (χ0) is 21.7. The number of carbonyl (C=O) groups is 1. The number of nitrogens with zero attached hydrogens (tertiary/aromatic N) is 2. The monoisotopic (exact) mass is 429 g/mol. The van der Waals surface area contributed by atoms with E-state index in [0.29, 0.717) is 12.1 Å². The quantitative estimate of drug-likeness (QED) is 0.590. The molecular weight excluding hydrogens is 401 g/mol. The number of carbonyl (C=O) groups excluding carboxylic acids is 1. The molecule has 0 saturated heterocycles. The highest BCUT2D eigenvalue weighted by Crippen LogP contribution is 2.60. The average Bonchev–Trinajstić information content (AvgIpc) is 3.25. The second-order valence-electron chi connectivity index (χ2n) is 10.2. The summed E-state index contributed by atoms with van der Waals surface area (Å²) in [5.41, 5.74) is 3.55. The molecule has 1 heterocycles. The third kappa shape index (κ3) is 3.44. The minimum Gasteiger partial charge on any atom is -0.348 e. The molecule has 0 spiro atoms. The molecule has 4 fully saturated rings. The first-order chi connectivity index (χ1) is 15.6. The Morgan fingerprint density at radius 3 is 2.22 bits per heavy atom. The van der Waals surface area contributed by atoms with Crippen molar-refractivity contribution in [2.24, 2.45) is 17.8 Å². The Bertz CT molecular complexity index is 1100. The highest BCUT2D eigenvalue weighted by atomic mass is 19.1. The highest BCUT2D eigenvalue weighted by Gasteiger charge is 2.53. The van der Waals surface area contributed by atoms with Gasteiger partial charge in [0.25, 0.3) is 5.91 Å². The van der Waals surface area contributed by atoms with Crippen LogP contribution in [0.5, 0.6) is 0 Å². The van der Waals surface area contributed by atoms with Gasteiger partial charge < -0.3 is 5.32 Å². The van der Waals surface area contributed by atoms with Gasteiger partial charge in [-0.25, -0.2) is 9.07 Å². The van der Waals surface area contributed by atoms with Crippen LogP contribution in [0.1, 0.15) is 60.1 Å². The number of halogens is 1. The van der Waals surface area contributed by atoms with Crippen molar-refractivity contribution in [3.63, 3.8) is 0 Å². The molecule has 0 unspecified atom stereocenters. The van der Waals surface area contributed by atoms with Crippen LogP contribution in [0.2, 0.25) is 0 Å². The number of para-hydroxylation sites is 1. The van der Waals surface area contributed by atoms with E-state index in [1.807, 2.05) is 41.2 Å². The van der Waals surface area contributed by atoms with E-state index in [-0.39, 0.29) is 17.1 Å². The minimum atomic E-state index is -0.270. The molecule has 1 aromatic heterocycles. The Morgan fingerprint density at radius 1 is 0.969 bits per heavy atom. The van der Waals surface area contributed by atoms with E-state index in [1.54, 1.807) is 12.1 Å². The fraction of sp³-hybridized carbons (Fsp3) is 0.407. The lowest BCUT2D eigenvalue weighted by molar-refractivity contribution is -0.00770. The summed E-state index contributed by atoms with van der Waals surface area (Å²) in [5, 5.41) is 8.12. The number of hydrogen-bond donors (Lipinski definition) is 1. The van der Waals surface area contributed by atoms with Crippen LogP contribution in [0.15, 0.2) is 60.8 Å². The Kier molecular flexibility index (Phi) is 4.67. The van der Waals surface area contributed by atoms with Crippen LogP contribution in [0.4, 0.5) is 4.39 Å². The van der Waals surface area contributed by atoms with Crippen LogP contribution >= 0.6 is 0 Å². The molecule has 4 bridgehead atoms. The number of hydrogen-bond acceptors (Lipinski definition) is 2. The normalized spacial score (nSPS) is 28.1. The van der Waals surface area contributed by atoms with Crippen molar-refractivity contribution >= 4 is 5.91 Å². The Labute approximate surface area is 187 Å². The number of aromatic nitrogens is 2. The van der Waals surface area contributed by atoms with Crippen LogP contribution in [-0.2, 0) is 12.0 Å². The van der Waals surface area contributed by atoms with E-state index >= 15 is 0 Å². The fourth-order valence-corrected chi connectivity index (χ4v) is 6.93. The van der Waals surface area contributed by atoms with E-state index in [0.717, 1.165) is 54.0 Å². The smallest absolute Gasteiger partial charge is 0.255 e. The van der Waals surface area contributed by atoms with Gasteiger partial charge in [0.15, 0.2) is 0 Å². The van der Waals surface area contributed by atoms with Crippen molar-refractivity contribution in [3.8, 4) is 5.69 Å². The Balaban J connectivity index is 1.35. The topological polar surface area (TPSA) is 46.9 Å². The Morgan fingerprint density at radius 2 is 1.59 bits per heavy atom. The van der Waals surface area contributed by atoms with Crippen LogP contribution < -0.4 is 5.32 Å². The number of benzene rings is 2. The predicted octanol–water partition coefficient (Wildman–Crippen LogP) is 5.41. The van der Waals surface area contributed by atoms with Crippen molar-refractivity contribution in [3.05, 3.63) is 83.4 Å². The minimum absolute atomic E-state index is 0.0251. The first-order valence-electron chi connectivity index (χ1n) is 11.8. The van der Waals surface area contributed by atoms with Gasteiger partial charge in [-0.3, -0.25) is 4.79 Å². The average molecular weight is 430 g/mol. The lowest BCUT2D eigenvalue weighted by Crippen LogP contribution is -2.49. The Hall–Kier alpha value is -2.95. The summed E-state index contributed by atoms with van der Waals surface area (Å²) in [6.07, 6.45) is 9.43. The van der Waals surface area contributed by atoms with Crippen LogP contribution in [0.25, 0.3) is 5.69 Å². The zero-order valence-electron chi connectivity index (χ0n) is 18.1. The first kappa shape index (κ1) is 19.7. The molecule has 1 N–H and O–H groups in total. The molecule has 3 aromatic rings. The van der Waals surface area contributed by atoms with E-state index in [2.05, 4.69) is 5.32 Å². The van der Waals surface area contributed by atoms with Crippen molar-refractivity contribution in [2.45, 2.75) is 50.5 Å². The van der Waals surface area contributed by atoms with Crippen LogP contribution in [-0.4, -0.2) is 15.7 Å². The van der Waals surface area contributed by atoms with Gasteiger partial charge in [0.05, 0.1) is 16.9 Å². The SMILES string of the molecule is O=C(NCc1ccc(F)cc1)c1cn(-c2ccccc2)nc1C12CC3CC(CC(C3)C1)C2. The summed E-state index contributed by atoms with van der Waals surface area (Å²) in [6, 6.07) is 16.3. The molecule has 0 atom stereocenters. The molecule has 1 amide bonds. The summed E-state index contributed by atoms with van der Waals surface area (Å²) in [4.78, 5) is 13.4. The third-order valence-corrected chi connectivity index (χ3v) is 7.89. The molecule has 4 nitrogen and oxygen atoms in total. The molecule has 4 aliphatic rings. The standard InChI is InChI=1S/C27H28FN3O/c28-22-8-6-18(7-9-22)16-29-26(32)24-17-31(23-4-2-1-3-5-23)30-25(24)27-13-19-10-20(14-27)12-21(11-19)15-27/h1-9,17,19-21H,10-16H2,(H,29,32). The molecule has 5 heteroatoms. The van der Waals surface area contributed by atoms with E-state index in [1.165, 1.54) is 31.4 Å². The van der Waals surface area contributed by atoms with Gasteiger partial charge in [-0.15, -0.1) is 0 Å². The van der Waals surface area contributed by atoms with E-state index < -0.39 is 0 Å². The molecule has 32 heavy (non-hydrogen) atoms. The summed E-state index contributed by atoms with van der Waals surface area (Å²) in [7, 11) is 0. The lowest BCUT2D eigenvalue weighted by atomic mass is 9.48. The second-order valence-corrected chi connectivity index (χ2v) is 10.2. The maximum absolute atomic E-state index is 13.4. The lowest BCUT2D eigenvalue weighted by Gasteiger charge is -2.56. The van der Waals surface area contributed by atoms with Crippen LogP contribution in [0, 0.1) is 23.6 Å². The molecule has 4 saturated carbocycles. The van der Waals surface area contributed by atoms with Crippen LogP contribution in [0.3, 0.4) is 0 Å². The van der Waals surface area contributed by atoms with E-state index in [9.17, 15) is 9.18 Å². The molecule has 4 aliphatic carbocycles. The van der Waals surface area contributed by atoms with Gasteiger partial charge in [0.2, 0.25) is 0 Å². The fourth-order valence-electron chi connectivity index (χ4n) is 6.93. The summed E-state index contributed by atoms with van der Waals surface area (Å²) < 4.78 is 15.1. The van der Waals surface area contributed by atoms with Gasteiger partial charge in [-0.2, -0.15) is 5.10 Å². The van der Waals surface area contributed by atoms with Gasteiger partial charge in [-0.05, 0) is 86.1 Å². The van der Waals surface area contributed by atoms with Gasteiger partial charge in [0, 0.05) is 18.2 Å². The summed E-state index contributed by atoms with van der Waals surface area (Å²) >= 11 is 0. The number of amides is 1. The predicted molar refractivity (Wildman–Crippen MR) is 121 cm³/mol. The molecular formula is C27H28FN3O. The van der Waals surface area contributed by atoms with Crippen molar-refractivity contribution in [1.82, 2.24) is 15.1 Å². The molecule has 7 rings (SSSR count). The second kappa shape index (κ2) is 7.58. The largest absolute Gasteiger partial charge is 0.348 e. The van der Waals surface area contributed by atoms with Crippen molar-refractivity contribution in [2.75, 3.05) is 0 Å². The molecule has 164 valence electrons. The first-order valence-corrected chi connectivity index (χ1v) is 11.8. The maximum Gasteiger partial charge on any atom is 0.255 e. The van der Waals surface area contributed by atoms with Crippen molar-refractivity contribution < 1.29 is 9.18 Å². The molecule has 0 aliphatic heterocycles. The summed E-state index contributed by atoms with van der Waals surface area (Å²) in [5.74, 6) is 1.96. The van der Waals surface area contributed by atoms with E-state index in [4.69, 9.17) is 5.10 Å². The number of rotatable bonds is 5. The van der Waals surface area contributed by atoms with Gasteiger partial charge >= 0.3 is 0 Å². The summed E-state index contributed by atoms with van der Waals surface area (Å²) in [6.45, 7) is 0.371. The third-order valence-electron chi connectivity index (χ3n) is 7.89.